The van der Waals surface area contributed by atoms with E-state index >= 15 is 0 Å². The van der Waals surface area contributed by atoms with Crippen molar-refractivity contribution in [1.29, 1.82) is 0 Å². The fourth-order valence-electron chi connectivity index (χ4n) is 4.39. The number of hydrogen-bond acceptors (Lipinski definition) is 3. The van der Waals surface area contributed by atoms with Crippen LogP contribution in [0, 0.1) is 6.92 Å². The molecule has 5 nitrogen and oxygen atoms in total. The molecule has 0 saturated carbocycles. The smallest absolute Gasteiger partial charge is 0.257 e. The lowest BCUT2D eigenvalue weighted by molar-refractivity contribution is -0.132. The Kier molecular flexibility index (Phi) is 6.31. The summed E-state index contributed by atoms with van der Waals surface area (Å²) < 4.78 is 1.82. The Morgan fingerprint density at radius 1 is 1.03 bits per heavy atom. The minimum Gasteiger partial charge on any atom is -0.336 e. The summed E-state index contributed by atoms with van der Waals surface area (Å²) in [6.45, 7) is 4.98. The second-order valence-electron chi connectivity index (χ2n) is 8.15. The van der Waals surface area contributed by atoms with Crippen LogP contribution in [0.3, 0.4) is 0 Å². The van der Waals surface area contributed by atoms with Crippen LogP contribution in [0.1, 0.15) is 60.4 Å². The lowest BCUT2D eigenvalue weighted by Crippen LogP contribution is -2.42. The number of benzene rings is 2. The first-order valence-corrected chi connectivity index (χ1v) is 11.1. The second-order valence-corrected chi connectivity index (χ2v) is 8.15. The van der Waals surface area contributed by atoms with Gasteiger partial charge < -0.3 is 4.90 Å². The molecule has 0 fully saturated rings. The zero-order valence-electron chi connectivity index (χ0n) is 18.3. The maximum Gasteiger partial charge on any atom is 0.257 e. The number of unbranched alkanes of at least 4 members (excludes halogenated alkanes) is 1. The number of aromatic nitrogens is 2. The van der Waals surface area contributed by atoms with Crippen molar-refractivity contribution in [2.24, 2.45) is 0 Å². The van der Waals surface area contributed by atoms with Gasteiger partial charge in [-0.25, -0.2) is 4.98 Å². The molecule has 0 aliphatic carbocycles. The first kappa shape index (κ1) is 21.0. The monoisotopic (exact) mass is 415 g/mol. The van der Waals surface area contributed by atoms with Gasteiger partial charge in [0.2, 0.25) is 5.91 Å². The van der Waals surface area contributed by atoms with E-state index in [9.17, 15) is 9.59 Å². The van der Waals surface area contributed by atoms with E-state index < -0.39 is 0 Å². The van der Waals surface area contributed by atoms with Crippen LogP contribution in [0.2, 0.25) is 0 Å². The molecule has 4 rings (SSSR count). The molecule has 160 valence electrons. The zero-order valence-corrected chi connectivity index (χ0v) is 18.3. The molecule has 31 heavy (non-hydrogen) atoms. The van der Waals surface area contributed by atoms with Crippen molar-refractivity contribution in [3.63, 3.8) is 0 Å². The summed E-state index contributed by atoms with van der Waals surface area (Å²) in [5.74, 6) is 0.826. The van der Waals surface area contributed by atoms with E-state index in [0.717, 1.165) is 35.2 Å². The van der Waals surface area contributed by atoms with Gasteiger partial charge in [-0.1, -0.05) is 74.0 Å². The highest BCUT2D eigenvalue weighted by Gasteiger charge is 2.28. The van der Waals surface area contributed by atoms with E-state index in [1.165, 1.54) is 0 Å². The van der Waals surface area contributed by atoms with E-state index in [-0.39, 0.29) is 17.5 Å². The Labute approximate surface area is 183 Å². The van der Waals surface area contributed by atoms with Crippen molar-refractivity contribution in [2.45, 2.75) is 52.1 Å². The molecular formula is C26H29N3O2. The summed E-state index contributed by atoms with van der Waals surface area (Å²) in [5, 5.41) is 0. The van der Waals surface area contributed by atoms with Gasteiger partial charge in [0.1, 0.15) is 5.82 Å². The third-order valence-electron chi connectivity index (χ3n) is 6.03. The van der Waals surface area contributed by atoms with Gasteiger partial charge in [0, 0.05) is 18.5 Å². The molecule has 5 heteroatoms. The number of hydrogen-bond donors (Lipinski definition) is 0. The highest BCUT2D eigenvalue weighted by atomic mass is 16.2. The average molecular weight is 416 g/mol. The number of nitrogens with zero attached hydrogens (tertiary/aromatic N) is 3. The fourth-order valence-corrected chi connectivity index (χ4v) is 4.39. The number of rotatable bonds is 6. The lowest BCUT2D eigenvalue weighted by Gasteiger charge is -2.30. The van der Waals surface area contributed by atoms with Crippen molar-refractivity contribution in [1.82, 2.24) is 14.5 Å². The Bertz CT molecular complexity index is 1070. The molecular weight excluding hydrogens is 386 g/mol. The molecule has 2 heterocycles. The first-order chi connectivity index (χ1) is 15.1. The SMILES string of the molecule is CCCCC(=O)N1CCc2c(nc(C)n(C(c3ccccc3)c3ccccc3)c2=O)C1. The molecule has 2 aromatic carbocycles. The van der Waals surface area contributed by atoms with Crippen LogP contribution in [0.5, 0.6) is 0 Å². The van der Waals surface area contributed by atoms with Gasteiger partial charge in [-0.05, 0) is 30.9 Å². The number of amides is 1. The average Bonchev–Trinajstić information content (AvgIpc) is 2.81. The summed E-state index contributed by atoms with van der Waals surface area (Å²) in [6, 6.07) is 19.9. The minimum absolute atomic E-state index is 0.000799. The predicted molar refractivity (Wildman–Crippen MR) is 122 cm³/mol. The van der Waals surface area contributed by atoms with Crippen molar-refractivity contribution in [3.8, 4) is 0 Å². The highest BCUT2D eigenvalue weighted by molar-refractivity contribution is 5.76. The predicted octanol–water partition coefficient (Wildman–Crippen LogP) is 4.26. The topological polar surface area (TPSA) is 55.2 Å². The van der Waals surface area contributed by atoms with Crippen LogP contribution in [0.25, 0.3) is 0 Å². The zero-order chi connectivity index (χ0) is 21.8. The molecule has 0 bridgehead atoms. The Morgan fingerprint density at radius 2 is 1.65 bits per heavy atom. The van der Waals surface area contributed by atoms with E-state index in [1.807, 2.05) is 52.8 Å². The van der Waals surface area contributed by atoms with Crippen LogP contribution in [0.15, 0.2) is 65.5 Å². The van der Waals surface area contributed by atoms with Gasteiger partial charge >= 0.3 is 0 Å². The second kappa shape index (κ2) is 9.29. The van der Waals surface area contributed by atoms with Crippen LogP contribution in [0.4, 0.5) is 0 Å². The third kappa shape index (κ3) is 4.31. The van der Waals surface area contributed by atoms with E-state index in [1.54, 1.807) is 0 Å². The summed E-state index contributed by atoms with van der Waals surface area (Å²) in [6.07, 6.45) is 3.01. The summed E-state index contributed by atoms with van der Waals surface area (Å²) in [7, 11) is 0. The Morgan fingerprint density at radius 3 is 2.23 bits per heavy atom. The van der Waals surface area contributed by atoms with Gasteiger partial charge in [-0.2, -0.15) is 0 Å². The van der Waals surface area contributed by atoms with E-state index in [2.05, 4.69) is 31.2 Å². The van der Waals surface area contributed by atoms with Crippen LogP contribution < -0.4 is 5.56 Å². The molecule has 0 saturated heterocycles. The Hall–Kier alpha value is -3.21. The molecule has 0 radical (unpaired) electrons. The van der Waals surface area contributed by atoms with Crippen LogP contribution >= 0.6 is 0 Å². The number of fused-ring (bicyclic) bond motifs is 1. The Balaban J connectivity index is 1.76. The molecule has 1 amide bonds. The van der Waals surface area contributed by atoms with Gasteiger partial charge in [0.05, 0.1) is 18.3 Å². The molecule has 1 aliphatic rings. The standard InChI is InChI=1S/C26H29N3O2/c1-3-4-15-24(30)28-17-16-22-23(18-28)27-19(2)29(26(22)31)25(20-11-7-5-8-12-20)21-13-9-6-10-14-21/h5-14,25H,3-4,15-18H2,1-2H3. The van der Waals surface area contributed by atoms with Crippen LogP contribution in [-0.4, -0.2) is 26.9 Å². The normalized spacial score (nSPS) is 13.3. The summed E-state index contributed by atoms with van der Waals surface area (Å²) >= 11 is 0. The van der Waals surface area contributed by atoms with Gasteiger partial charge in [0.25, 0.3) is 5.56 Å². The molecule has 0 unspecified atom stereocenters. The van der Waals surface area contributed by atoms with Crippen molar-refractivity contribution < 1.29 is 4.79 Å². The molecule has 0 spiro atoms. The minimum atomic E-state index is -0.239. The molecule has 3 aromatic rings. The van der Waals surface area contributed by atoms with Gasteiger partial charge in [0.15, 0.2) is 0 Å². The maximum atomic E-state index is 13.7. The lowest BCUT2D eigenvalue weighted by atomic mass is 9.97. The van der Waals surface area contributed by atoms with Crippen molar-refractivity contribution in [3.05, 3.63) is 99.2 Å². The third-order valence-corrected chi connectivity index (χ3v) is 6.03. The highest BCUT2D eigenvalue weighted by Crippen LogP contribution is 2.27. The molecule has 1 aliphatic heterocycles. The number of carbonyl (C=O) groups excluding carboxylic acids is 1. The quantitative estimate of drug-likeness (QED) is 0.604. The van der Waals surface area contributed by atoms with E-state index in [4.69, 9.17) is 4.98 Å². The number of aryl methyl sites for hydroxylation is 1. The molecule has 1 aromatic heterocycles. The molecule has 0 N–H and O–H groups in total. The van der Waals surface area contributed by atoms with Gasteiger partial charge in [-0.15, -0.1) is 0 Å². The summed E-state index contributed by atoms with van der Waals surface area (Å²) in [5.41, 5.74) is 3.58. The van der Waals surface area contributed by atoms with Crippen molar-refractivity contribution in [2.75, 3.05) is 6.54 Å². The molecule has 0 atom stereocenters. The number of carbonyl (C=O) groups is 1. The van der Waals surface area contributed by atoms with Crippen LogP contribution in [-0.2, 0) is 17.8 Å². The van der Waals surface area contributed by atoms with Crippen molar-refractivity contribution >= 4 is 5.91 Å². The van der Waals surface area contributed by atoms with E-state index in [0.29, 0.717) is 31.8 Å². The fraction of sp³-hybridized carbons (Fsp3) is 0.346. The van der Waals surface area contributed by atoms with Gasteiger partial charge in [-0.3, -0.25) is 14.2 Å². The first-order valence-electron chi connectivity index (χ1n) is 11.1. The largest absolute Gasteiger partial charge is 0.336 e. The summed E-state index contributed by atoms with van der Waals surface area (Å²) in [4.78, 5) is 32.9. The maximum absolute atomic E-state index is 13.7.